The number of nitrogens with two attached hydrogens (primary N) is 1. The lowest BCUT2D eigenvalue weighted by atomic mass is 9.90. The second-order valence-corrected chi connectivity index (χ2v) is 8.66. The third kappa shape index (κ3) is 5.03. The van der Waals surface area contributed by atoms with Gasteiger partial charge >= 0.3 is 0 Å². The van der Waals surface area contributed by atoms with E-state index in [1.54, 1.807) is 12.1 Å². The molecule has 2 atom stereocenters. The van der Waals surface area contributed by atoms with E-state index in [2.05, 4.69) is 4.72 Å². The van der Waals surface area contributed by atoms with E-state index in [0.29, 0.717) is 31.0 Å². The van der Waals surface area contributed by atoms with Gasteiger partial charge < -0.3 is 10.6 Å². The molecule has 1 aromatic rings. The number of piperidine rings is 1. The zero-order chi connectivity index (χ0) is 18.6. The number of amides is 1. The third-order valence-electron chi connectivity index (χ3n) is 4.95. The number of benzene rings is 1. The average molecular weight is 368 g/mol. The van der Waals surface area contributed by atoms with Gasteiger partial charge in [0.1, 0.15) is 0 Å². The minimum absolute atomic E-state index is 0.0537. The summed E-state index contributed by atoms with van der Waals surface area (Å²) >= 11 is 0. The Morgan fingerprint density at radius 2 is 1.80 bits per heavy atom. The molecule has 1 aliphatic rings. The molecule has 1 aromatic carbocycles. The molecule has 1 saturated heterocycles. The summed E-state index contributed by atoms with van der Waals surface area (Å²) in [5.74, 6) is 0.408. The van der Waals surface area contributed by atoms with Crippen molar-refractivity contribution in [3.8, 4) is 0 Å². The van der Waals surface area contributed by atoms with Crippen LogP contribution in [0.2, 0.25) is 0 Å². The van der Waals surface area contributed by atoms with Crippen LogP contribution in [0.4, 0.5) is 0 Å². The molecule has 0 aromatic heterocycles. The highest BCUT2D eigenvalue weighted by atomic mass is 32.2. The smallest absolute Gasteiger partial charge is 0.253 e. The lowest BCUT2D eigenvalue weighted by molar-refractivity contribution is 0.0681. The fraction of sp³-hybridized carbons (Fsp3) is 0.611. The van der Waals surface area contributed by atoms with E-state index in [9.17, 15) is 13.2 Å². The Kier molecular flexibility index (Phi) is 6.59. The highest BCUT2D eigenvalue weighted by molar-refractivity contribution is 7.89. The van der Waals surface area contributed by atoms with E-state index in [4.69, 9.17) is 5.73 Å². The number of nitrogens with one attached hydrogen (secondary N) is 1. The Bertz CT molecular complexity index is 678. The number of rotatable bonds is 6. The fourth-order valence-corrected chi connectivity index (χ4v) is 4.33. The average Bonchev–Trinajstić information content (AvgIpc) is 2.60. The molecular formula is C18H29N3O3S. The summed E-state index contributed by atoms with van der Waals surface area (Å²) in [5.41, 5.74) is 6.45. The normalized spacial score (nSPS) is 18.8. The summed E-state index contributed by atoms with van der Waals surface area (Å²) < 4.78 is 27.1. The predicted molar refractivity (Wildman–Crippen MR) is 98.8 cm³/mol. The maximum atomic E-state index is 12.6. The lowest BCUT2D eigenvalue weighted by Gasteiger charge is -2.33. The minimum Gasteiger partial charge on any atom is -0.339 e. The van der Waals surface area contributed by atoms with Crippen LogP contribution in [-0.4, -0.2) is 44.4 Å². The van der Waals surface area contributed by atoms with Gasteiger partial charge in [-0.3, -0.25) is 4.79 Å². The molecule has 0 bridgehead atoms. The van der Waals surface area contributed by atoms with Crippen molar-refractivity contribution < 1.29 is 13.2 Å². The summed E-state index contributed by atoms with van der Waals surface area (Å²) in [6, 6.07) is 6.19. The minimum atomic E-state index is -3.54. The molecule has 1 amide bonds. The highest BCUT2D eigenvalue weighted by Crippen LogP contribution is 2.21. The zero-order valence-electron chi connectivity index (χ0n) is 15.2. The van der Waals surface area contributed by atoms with E-state index >= 15 is 0 Å². The first-order valence-corrected chi connectivity index (χ1v) is 10.4. The molecule has 0 aliphatic carbocycles. The van der Waals surface area contributed by atoms with Crippen molar-refractivity contribution in [3.63, 3.8) is 0 Å². The maximum Gasteiger partial charge on any atom is 0.253 e. The molecule has 0 saturated carbocycles. The van der Waals surface area contributed by atoms with Gasteiger partial charge in [0.25, 0.3) is 5.91 Å². The number of likely N-dealkylation sites (tertiary alicyclic amines) is 1. The third-order valence-corrected chi connectivity index (χ3v) is 6.56. The quantitative estimate of drug-likeness (QED) is 0.804. The van der Waals surface area contributed by atoms with Crippen molar-refractivity contribution in [3.05, 3.63) is 29.8 Å². The number of carbonyl (C=O) groups excluding carboxylic acids is 1. The number of hydrogen-bond acceptors (Lipinski definition) is 4. The molecule has 1 heterocycles. The van der Waals surface area contributed by atoms with Gasteiger partial charge in [-0.2, -0.15) is 0 Å². The van der Waals surface area contributed by atoms with Crippen molar-refractivity contribution in [1.82, 2.24) is 9.62 Å². The molecule has 0 radical (unpaired) electrons. The van der Waals surface area contributed by atoms with Gasteiger partial charge in [0, 0.05) is 30.7 Å². The van der Waals surface area contributed by atoms with Crippen molar-refractivity contribution in [2.24, 2.45) is 11.7 Å². The highest BCUT2D eigenvalue weighted by Gasteiger charge is 2.26. The largest absolute Gasteiger partial charge is 0.339 e. The van der Waals surface area contributed by atoms with Gasteiger partial charge in [0.05, 0.1) is 4.90 Å². The Balaban J connectivity index is 2.04. The molecule has 6 nitrogen and oxygen atoms in total. The van der Waals surface area contributed by atoms with E-state index in [1.807, 2.05) is 25.7 Å². The van der Waals surface area contributed by atoms with Crippen LogP contribution in [0.1, 0.15) is 50.4 Å². The van der Waals surface area contributed by atoms with Crippen molar-refractivity contribution in [1.29, 1.82) is 0 Å². The second kappa shape index (κ2) is 8.29. The van der Waals surface area contributed by atoms with Gasteiger partial charge in [-0.05, 0) is 63.3 Å². The summed E-state index contributed by atoms with van der Waals surface area (Å²) in [7, 11) is -3.54. The molecule has 1 aliphatic heterocycles. The van der Waals surface area contributed by atoms with Crippen LogP contribution in [0, 0.1) is 5.92 Å². The molecule has 0 spiro atoms. The Morgan fingerprint density at radius 1 is 1.24 bits per heavy atom. The lowest BCUT2D eigenvalue weighted by Crippen LogP contribution is -2.42. The second-order valence-electron chi connectivity index (χ2n) is 6.94. The van der Waals surface area contributed by atoms with E-state index in [0.717, 1.165) is 12.8 Å². The number of hydrogen-bond donors (Lipinski definition) is 2. The van der Waals surface area contributed by atoms with Crippen LogP contribution >= 0.6 is 0 Å². The first kappa shape index (κ1) is 19.9. The van der Waals surface area contributed by atoms with Crippen molar-refractivity contribution in [2.45, 2.75) is 57.0 Å². The zero-order valence-corrected chi connectivity index (χ0v) is 16.1. The molecule has 2 unspecified atom stereocenters. The molecule has 25 heavy (non-hydrogen) atoms. The van der Waals surface area contributed by atoms with Gasteiger partial charge in [0.2, 0.25) is 10.0 Å². The summed E-state index contributed by atoms with van der Waals surface area (Å²) in [6.07, 6.45) is 2.54. The van der Waals surface area contributed by atoms with Crippen LogP contribution in [0.25, 0.3) is 0 Å². The van der Waals surface area contributed by atoms with Crippen LogP contribution in [0.15, 0.2) is 29.2 Å². The van der Waals surface area contributed by atoms with Crippen LogP contribution in [0.5, 0.6) is 0 Å². The monoisotopic (exact) mass is 367 g/mol. The predicted octanol–water partition coefficient (Wildman–Crippen LogP) is 1.96. The van der Waals surface area contributed by atoms with E-state index in [1.165, 1.54) is 12.1 Å². The van der Waals surface area contributed by atoms with Crippen LogP contribution in [0.3, 0.4) is 0 Å². The Morgan fingerprint density at radius 3 is 2.28 bits per heavy atom. The molecule has 7 heteroatoms. The van der Waals surface area contributed by atoms with Crippen molar-refractivity contribution >= 4 is 15.9 Å². The van der Waals surface area contributed by atoms with Gasteiger partial charge in [-0.15, -0.1) is 0 Å². The maximum absolute atomic E-state index is 12.6. The van der Waals surface area contributed by atoms with Crippen molar-refractivity contribution in [2.75, 3.05) is 13.1 Å². The number of sulfonamides is 1. The summed E-state index contributed by atoms with van der Waals surface area (Å²) in [4.78, 5) is 14.6. The fourth-order valence-electron chi connectivity index (χ4n) is 3.00. The van der Waals surface area contributed by atoms with Crippen LogP contribution < -0.4 is 10.5 Å². The molecule has 2 rings (SSSR count). The summed E-state index contributed by atoms with van der Waals surface area (Å²) in [6.45, 7) is 7.14. The Labute approximate surface area is 150 Å². The van der Waals surface area contributed by atoms with Crippen LogP contribution in [-0.2, 0) is 10.0 Å². The molecular weight excluding hydrogens is 338 g/mol. The SMILES string of the molecule is CCC(C)NS(=O)(=O)c1ccc(C(=O)N2CCC(C(C)N)CC2)cc1. The topological polar surface area (TPSA) is 92.5 Å². The number of carbonyl (C=O) groups is 1. The molecule has 140 valence electrons. The first-order chi connectivity index (χ1) is 11.7. The molecule has 1 fully saturated rings. The Hall–Kier alpha value is -1.44. The van der Waals surface area contributed by atoms with Gasteiger partial charge in [-0.25, -0.2) is 13.1 Å². The van der Waals surface area contributed by atoms with Gasteiger partial charge in [-0.1, -0.05) is 6.92 Å². The summed E-state index contributed by atoms with van der Waals surface area (Å²) in [5, 5.41) is 0. The molecule has 3 N–H and O–H groups in total. The van der Waals surface area contributed by atoms with E-state index in [-0.39, 0.29) is 22.9 Å². The first-order valence-electron chi connectivity index (χ1n) is 8.92. The number of nitrogens with zero attached hydrogens (tertiary/aromatic N) is 1. The standard InChI is InChI=1S/C18H29N3O3S/c1-4-13(2)20-25(23,24)17-7-5-16(6-8-17)18(22)21-11-9-15(10-12-21)14(3)19/h5-8,13-15,20H,4,9-12,19H2,1-3H3. The van der Waals surface area contributed by atoms with Gasteiger partial charge in [0.15, 0.2) is 0 Å². The van der Waals surface area contributed by atoms with E-state index < -0.39 is 10.0 Å².